The SMILES string of the molecule is Cc1cc(-n2nc(C)c(C)c2C)c2cc(N)ccc2n1. The molecule has 3 rings (SSSR count). The van der Waals surface area contributed by atoms with Gasteiger partial charge in [-0.2, -0.15) is 5.10 Å². The van der Waals surface area contributed by atoms with Crippen LogP contribution in [-0.2, 0) is 0 Å². The molecule has 4 heteroatoms. The molecule has 2 N–H and O–H groups in total. The number of rotatable bonds is 1. The van der Waals surface area contributed by atoms with Gasteiger partial charge in [0.05, 0.1) is 16.9 Å². The van der Waals surface area contributed by atoms with Crippen molar-refractivity contribution in [3.8, 4) is 5.69 Å². The average molecular weight is 266 g/mol. The normalized spacial score (nSPS) is 11.2. The molecule has 0 radical (unpaired) electrons. The van der Waals surface area contributed by atoms with Crippen LogP contribution >= 0.6 is 0 Å². The predicted molar refractivity (Wildman–Crippen MR) is 82.2 cm³/mol. The van der Waals surface area contributed by atoms with Crippen molar-refractivity contribution in [1.29, 1.82) is 0 Å². The summed E-state index contributed by atoms with van der Waals surface area (Å²) in [6.45, 7) is 8.21. The maximum Gasteiger partial charge on any atom is 0.0761 e. The van der Waals surface area contributed by atoms with E-state index in [9.17, 15) is 0 Å². The summed E-state index contributed by atoms with van der Waals surface area (Å²) < 4.78 is 1.99. The lowest BCUT2D eigenvalue weighted by molar-refractivity contribution is 0.836. The molecule has 0 atom stereocenters. The van der Waals surface area contributed by atoms with Gasteiger partial charge in [-0.25, -0.2) is 4.68 Å². The molecule has 2 heterocycles. The second-order valence-electron chi connectivity index (χ2n) is 5.27. The molecule has 0 spiro atoms. The second kappa shape index (κ2) is 4.34. The van der Waals surface area contributed by atoms with Crippen LogP contribution in [0.15, 0.2) is 24.3 Å². The van der Waals surface area contributed by atoms with Crippen LogP contribution in [0.25, 0.3) is 16.6 Å². The molecule has 0 aliphatic heterocycles. The topological polar surface area (TPSA) is 56.7 Å². The fourth-order valence-corrected chi connectivity index (χ4v) is 2.48. The highest BCUT2D eigenvalue weighted by Crippen LogP contribution is 2.26. The minimum Gasteiger partial charge on any atom is -0.399 e. The highest BCUT2D eigenvalue weighted by molar-refractivity contribution is 5.89. The maximum absolute atomic E-state index is 5.92. The van der Waals surface area contributed by atoms with Crippen molar-refractivity contribution in [2.24, 2.45) is 0 Å². The van der Waals surface area contributed by atoms with Crippen molar-refractivity contribution in [2.45, 2.75) is 27.7 Å². The largest absolute Gasteiger partial charge is 0.399 e. The monoisotopic (exact) mass is 266 g/mol. The fraction of sp³-hybridized carbons (Fsp3) is 0.250. The molecule has 0 fully saturated rings. The first-order chi connectivity index (χ1) is 9.47. The molecule has 0 unspecified atom stereocenters. The maximum atomic E-state index is 5.92. The van der Waals surface area contributed by atoms with Gasteiger partial charge >= 0.3 is 0 Å². The summed E-state index contributed by atoms with van der Waals surface area (Å²) in [6.07, 6.45) is 0. The van der Waals surface area contributed by atoms with Gasteiger partial charge in [0.15, 0.2) is 0 Å². The van der Waals surface area contributed by atoms with Gasteiger partial charge in [-0.05, 0) is 57.5 Å². The lowest BCUT2D eigenvalue weighted by Crippen LogP contribution is -2.02. The molecule has 0 amide bonds. The zero-order chi connectivity index (χ0) is 14.4. The molecule has 0 saturated heterocycles. The molecular formula is C16H18N4. The number of aromatic nitrogens is 3. The second-order valence-corrected chi connectivity index (χ2v) is 5.27. The summed E-state index contributed by atoms with van der Waals surface area (Å²) in [4.78, 5) is 4.57. The van der Waals surface area contributed by atoms with Crippen LogP contribution in [0.2, 0.25) is 0 Å². The van der Waals surface area contributed by atoms with Crippen LogP contribution in [0.3, 0.4) is 0 Å². The molecule has 20 heavy (non-hydrogen) atoms. The fourth-order valence-electron chi connectivity index (χ4n) is 2.48. The number of aryl methyl sites for hydroxylation is 2. The number of hydrogen-bond donors (Lipinski definition) is 1. The van der Waals surface area contributed by atoms with E-state index in [-0.39, 0.29) is 0 Å². The first kappa shape index (κ1) is 12.7. The molecule has 0 aliphatic carbocycles. The number of fused-ring (bicyclic) bond motifs is 1. The van der Waals surface area contributed by atoms with Crippen molar-refractivity contribution in [3.05, 3.63) is 46.9 Å². The molecule has 2 aromatic heterocycles. The van der Waals surface area contributed by atoms with Crippen LogP contribution in [0.5, 0.6) is 0 Å². The van der Waals surface area contributed by atoms with Crippen molar-refractivity contribution in [1.82, 2.24) is 14.8 Å². The Balaban J connectivity index is 2.40. The molecule has 3 aromatic rings. The van der Waals surface area contributed by atoms with Gasteiger partial charge in [0.2, 0.25) is 0 Å². The third-order valence-electron chi connectivity index (χ3n) is 3.82. The standard InChI is InChI=1S/C16H18N4/c1-9-7-16(20-12(4)10(2)11(3)19-20)14-8-13(17)5-6-15(14)18-9/h5-8H,17H2,1-4H3. The van der Waals surface area contributed by atoms with E-state index in [4.69, 9.17) is 5.73 Å². The van der Waals surface area contributed by atoms with Gasteiger partial charge < -0.3 is 5.73 Å². The van der Waals surface area contributed by atoms with Gasteiger partial charge in [-0.3, -0.25) is 4.98 Å². The minimum absolute atomic E-state index is 0.739. The number of nitrogens with zero attached hydrogens (tertiary/aromatic N) is 3. The zero-order valence-electron chi connectivity index (χ0n) is 12.2. The molecular weight excluding hydrogens is 248 g/mol. The van der Waals surface area contributed by atoms with Gasteiger partial charge in [0.1, 0.15) is 0 Å². The van der Waals surface area contributed by atoms with E-state index in [0.717, 1.165) is 39.4 Å². The van der Waals surface area contributed by atoms with Crippen molar-refractivity contribution in [2.75, 3.05) is 5.73 Å². The van der Waals surface area contributed by atoms with Crippen molar-refractivity contribution >= 4 is 16.6 Å². The van der Waals surface area contributed by atoms with Crippen LogP contribution in [0, 0.1) is 27.7 Å². The highest BCUT2D eigenvalue weighted by Gasteiger charge is 2.13. The number of anilines is 1. The minimum atomic E-state index is 0.739. The Labute approximate surface area is 118 Å². The summed E-state index contributed by atoms with van der Waals surface area (Å²) in [6, 6.07) is 7.86. The van der Waals surface area contributed by atoms with E-state index >= 15 is 0 Å². The lowest BCUT2D eigenvalue weighted by Gasteiger charge is -2.10. The number of pyridine rings is 1. The van der Waals surface area contributed by atoms with Crippen LogP contribution in [0.1, 0.15) is 22.6 Å². The van der Waals surface area contributed by atoms with Crippen LogP contribution in [-0.4, -0.2) is 14.8 Å². The van der Waals surface area contributed by atoms with Crippen LogP contribution < -0.4 is 5.73 Å². The highest BCUT2D eigenvalue weighted by atomic mass is 15.3. The number of nitrogens with two attached hydrogens (primary N) is 1. The third kappa shape index (κ3) is 1.84. The summed E-state index contributed by atoms with van der Waals surface area (Å²) in [5, 5.41) is 5.68. The van der Waals surface area contributed by atoms with Gasteiger partial charge in [-0.15, -0.1) is 0 Å². The average Bonchev–Trinajstić information content (AvgIpc) is 2.66. The first-order valence-electron chi connectivity index (χ1n) is 6.67. The Kier molecular flexibility index (Phi) is 2.74. The quantitative estimate of drug-likeness (QED) is 0.688. The molecule has 0 aliphatic rings. The third-order valence-corrected chi connectivity index (χ3v) is 3.82. The van der Waals surface area contributed by atoms with E-state index in [1.807, 2.05) is 36.7 Å². The molecule has 102 valence electrons. The summed E-state index contributed by atoms with van der Waals surface area (Å²) in [5.41, 5.74) is 13.0. The van der Waals surface area contributed by atoms with Crippen molar-refractivity contribution in [3.63, 3.8) is 0 Å². The molecule has 1 aromatic carbocycles. The van der Waals surface area contributed by atoms with E-state index in [1.54, 1.807) is 0 Å². The smallest absolute Gasteiger partial charge is 0.0761 e. The number of benzene rings is 1. The van der Waals surface area contributed by atoms with E-state index in [1.165, 1.54) is 5.56 Å². The van der Waals surface area contributed by atoms with Gasteiger partial charge in [-0.1, -0.05) is 0 Å². The van der Waals surface area contributed by atoms with E-state index in [0.29, 0.717) is 0 Å². The Bertz CT molecular complexity index is 815. The number of hydrogen-bond acceptors (Lipinski definition) is 3. The predicted octanol–water partition coefficient (Wildman–Crippen LogP) is 3.24. The van der Waals surface area contributed by atoms with Crippen molar-refractivity contribution < 1.29 is 0 Å². The Morgan fingerprint density at radius 3 is 2.45 bits per heavy atom. The summed E-state index contributed by atoms with van der Waals surface area (Å²) >= 11 is 0. The lowest BCUT2D eigenvalue weighted by atomic mass is 10.1. The number of nitrogen functional groups attached to an aromatic ring is 1. The first-order valence-corrected chi connectivity index (χ1v) is 6.67. The van der Waals surface area contributed by atoms with Gasteiger partial charge in [0.25, 0.3) is 0 Å². The molecule has 0 bridgehead atoms. The van der Waals surface area contributed by atoms with Crippen LogP contribution in [0.4, 0.5) is 5.69 Å². The van der Waals surface area contributed by atoms with Gasteiger partial charge in [0, 0.05) is 22.5 Å². The molecule has 0 saturated carbocycles. The zero-order valence-corrected chi connectivity index (χ0v) is 12.2. The Hall–Kier alpha value is -2.36. The summed E-state index contributed by atoms with van der Waals surface area (Å²) in [7, 11) is 0. The Morgan fingerprint density at radius 2 is 1.80 bits per heavy atom. The van der Waals surface area contributed by atoms with E-state index < -0.39 is 0 Å². The van der Waals surface area contributed by atoms with E-state index in [2.05, 4.69) is 30.0 Å². The molecule has 4 nitrogen and oxygen atoms in total. The Morgan fingerprint density at radius 1 is 1.05 bits per heavy atom. The summed E-state index contributed by atoms with van der Waals surface area (Å²) in [5.74, 6) is 0.